The predicted octanol–water partition coefficient (Wildman–Crippen LogP) is 7.54. The maximum atomic E-state index is 7.25. The minimum absolute atomic E-state index is 0.0163. The van der Waals surface area contributed by atoms with Gasteiger partial charge in [0, 0.05) is 23.6 Å². The second-order valence-corrected chi connectivity index (χ2v) is 9.39. The van der Waals surface area contributed by atoms with Crippen molar-refractivity contribution in [2.75, 3.05) is 19.6 Å². The van der Waals surface area contributed by atoms with E-state index >= 15 is 0 Å². The summed E-state index contributed by atoms with van der Waals surface area (Å²) in [5, 5.41) is 0.695. The van der Waals surface area contributed by atoms with Crippen LogP contribution < -0.4 is 4.74 Å². The Kier molecular flexibility index (Phi) is 6.66. The van der Waals surface area contributed by atoms with Gasteiger partial charge in [-0.3, -0.25) is 4.90 Å². The first-order valence-corrected chi connectivity index (χ1v) is 12.3. The quantitative estimate of drug-likeness (QED) is 0.403. The minimum atomic E-state index is 0.0163. The molecule has 0 unspecified atom stereocenters. The van der Waals surface area contributed by atoms with Crippen molar-refractivity contribution in [3.8, 4) is 5.75 Å². The average molecular weight is 456 g/mol. The van der Waals surface area contributed by atoms with Crippen molar-refractivity contribution in [1.29, 1.82) is 0 Å². The van der Waals surface area contributed by atoms with E-state index < -0.39 is 0 Å². The van der Waals surface area contributed by atoms with E-state index in [9.17, 15) is 0 Å². The molecule has 0 radical (unpaired) electrons. The first kappa shape index (κ1) is 22.0. The van der Waals surface area contributed by atoms with Crippen LogP contribution in [0.4, 0.5) is 0 Å². The van der Waals surface area contributed by atoms with Gasteiger partial charge in [0.1, 0.15) is 5.75 Å². The third-order valence-corrected chi connectivity index (χ3v) is 7.06. The van der Waals surface area contributed by atoms with Gasteiger partial charge in [-0.1, -0.05) is 102 Å². The number of hydrogen-bond acceptors (Lipinski definition) is 2. The molecule has 2 aliphatic heterocycles. The SMILES string of the molecule is Cc1ccc(C2=C(Cl)/C(=C\CN3CCCCC3)[C@@H](c3ccccc3)c3ccccc3O2)cc1. The lowest BCUT2D eigenvalue weighted by Gasteiger charge is -2.26. The lowest BCUT2D eigenvalue weighted by atomic mass is 9.83. The summed E-state index contributed by atoms with van der Waals surface area (Å²) < 4.78 is 6.56. The van der Waals surface area contributed by atoms with E-state index in [0.29, 0.717) is 5.03 Å². The Morgan fingerprint density at radius 3 is 2.33 bits per heavy atom. The smallest absolute Gasteiger partial charge is 0.153 e. The van der Waals surface area contributed by atoms with Crippen LogP contribution in [-0.2, 0) is 0 Å². The zero-order valence-electron chi connectivity index (χ0n) is 19.1. The Labute approximate surface area is 202 Å². The summed E-state index contributed by atoms with van der Waals surface area (Å²) in [4.78, 5) is 2.53. The van der Waals surface area contributed by atoms with E-state index in [2.05, 4.69) is 90.7 Å². The third-order valence-electron chi connectivity index (χ3n) is 6.67. The molecule has 33 heavy (non-hydrogen) atoms. The zero-order chi connectivity index (χ0) is 22.6. The third kappa shape index (κ3) is 4.78. The Morgan fingerprint density at radius 1 is 0.879 bits per heavy atom. The summed E-state index contributed by atoms with van der Waals surface area (Å²) in [5.41, 5.74) is 5.70. The molecule has 0 saturated carbocycles. The lowest BCUT2D eigenvalue weighted by Crippen LogP contribution is -2.30. The van der Waals surface area contributed by atoms with Crippen LogP contribution in [0.5, 0.6) is 5.75 Å². The van der Waals surface area contributed by atoms with Gasteiger partial charge in [-0.05, 0) is 50.1 Å². The maximum Gasteiger partial charge on any atom is 0.153 e. The number of ether oxygens (including phenoxy) is 1. The molecule has 0 bridgehead atoms. The summed E-state index contributed by atoms with van der Waals surface area (Å²) in [6.07, 6.45) is 6.22. The standard InChI is InChI=1S/C30H30ClNO/c1-22-14-16-24(17-15-22)30-29(31)26(18-21-32-19-8-3-9-20-32)28(23-10-4-2-5-11-23)25-12-6-7-13-27(25)33-30/h2,4-7,10-18,28H,3,8-9,19-21H2,1H3/b26-18-/t28-/m0/s1. The van der Waals surface area contributed by atoms with Crippen molar-refractivity contribution in [3.05, 3.63) is 118 Å². The number of fused-ring (bicyclic) bond motifs is 1. The van der Waals surface area contributed by atoms with Crippen molar-refractivity contribution in [2.24, 2.45) is 0 Å². The molecule has 3 heteroatoms. The van der Waals surface area contributed by atoms with Crippen LogP contribution in [0.2, 0.25) is 0 Å². The number of likely N-dealkylation sites (tertiary alicyclic amines) is 1. The van der Waals surface area contributed by atoms with Crippen molar-refractivity contribution < 1.29 is 4.74 Å². The summed E-state index contributed by atoms with van der Waals surface area (Å²) in [6, 6.07) is 27.4. The van der Waals surface area contributed by atoms with Crippen molar-refractivity contribution in [3.63, 3.8) is 0 Å². The van der Waals surface area contributed by atoms with E-state index in [-0.39, 0.29) is 5.92 Å². The Balaban J connectivity index is 1.68. The second kappa shape index (κ2) is 9.99. The van der Waals surface area contributed by atoms with Gasteiger partial charge >= 0.3 is 0 Å². The van der Waals surface area contributed by atoms with E-state index in [1.54, 1.807) is 0 Å². The zero-order valence-corrected chi connectivity index (χ0v) is 19.9. The molecule has 1 fully saturated rings. The van der Waals surface area contributed by atoms with Gasteiger partial charge in [0.15, 0.2) is 5.76 Å². The molecule has 168 valence electrons. The number of para-hydroxylation sites is 1. The molecule has 5 rings (SSSR count). The molecule has 2 heterocycles. The van der Waals surface area contributed by atoms with Gasteiger partial charge in [-0.15, -0.1) is 0 Å². The molecule has 0 aromatic heterocycles. The second-order valence-electron chi connectivity index (χ2n) is 9.01. The fourth-order valence-electron chi connectivity index (χ4n) is 4.86. The highest BCUT2D eigenvalue weighted by Crippen LogP contribution is 2.47. The minimum Gasteiger partial charge on any atom is -0.455 e. The number of piperidine rings is 1. The summed E-state index contributed by atoms with van der Waals surface area (Å²) in [7, 11) is 0. The first-order chi connectivity index (χ1) is 16.2. The molecule has 0 N–H and O–H groups in total. The number of allylic oxidation sites excluding steroid dienone is 2. The van der Waals surface area contributed by atoms with Gasteiger partial charge in [-0.25, -0.2) is 0 Å². The van der Waals surface area contributed by atoms with Crippen molar-refractivity contribution >= 4 is 17.4 Å². The number of nitrogens with zero attached hydrogens (tertiary/aromatic N) is 1. The van der Waals surface area contributed by atoms with Crippen molar-refractivity contribution in [1.82, 2.24) is 4.90 Å². The maximum absolute atomic E-state index is 7.25. The molecule has 3 aromatic rings. The van der Waals surface area contributed by atoms with E-state index in [4.69, 9.17) is 16.3 Å². The highest BCUT2D eigenvalue weighted by molar-refractivity contribution is 6.35. The van der Waals surface area contributed by atoms with Gasteiger partial charge in [-0.2, -0.15) is 0 Å². The van der Waals surface area contributed by atoms with Crippen molar-refractivity contribution in [2.45, 2.75) is 32.1 Å². The number of benzene rings is 3. The van der Waals surface area contributed by atoms with Gasteiger partial charge in [0.2, 0.25) is 0 Å². The number of halogens is 1. The van der Waals surface area contributed by atoms with Crippen LogP contribution in [-0.4, -0.2) is 24.5 Å². The Hall–Kier alpha value is -2.81. The van der Waals surface area contributed by atoms with Crippen LogP contribution in [0.3, 0.4) is 0 Å². The molecule has 2 aliphatic rings. The highest BCUT2D eigenvalue weighted by atomic mass is 35.5. The van der Waals surface area contributed by atoms with Gasteiger partial charge in [0.25, 0.3) is 0 Å². The van der Waals surface area contributed by atoms with E-state index in [1.807, 2.05) is 6.07 Å². The highest BCUT2D eigenvalue weighted by Gasteiger charge is 2.31. The van der Waals surface area contributed by atoms with Crippen LogP contribution >= 0.6 is 11.6 Å². The Morgan fingerprint density at radius 2 is 1.58 bits per heavy atom. The molecule has 3 aromatic carbocycles. The average Bonchev–Trinajstić information content (AvgIpc) is 2.99. The predicted molar refractivity (Wildman–Crippen MR) is 138 cm³/mol. The monoisotopic (exact) mass is 455 g/mol. The van der Waals surface area contributed by atoms with Crippen LogP contribution in [0.15, 0.2) is 95.5 Å². The van der Waals surface area contributed by atoms with E-state index in [1.165, 1.54) is 30.4 Å². The number of aryl methyl sites for hydroxylation is 1. The van der Waals surface area contributed by atoms with E-state index in [0.717, 1.165) is 47.8 Å². The molecule has 0 spiro atoms. The molecule has 2 nitrogen and oxygen atoms in total. The van der Waals surface area contributed by atoms with Crippen LogP contribution in [0, 0.1) is 6.92 Å². The summed E-state index contributed by atoms with van der Waals surface area (Å²) >= 11 is 7.25. The molecular formula is C30H30ClNO. The lowest BCUT2D eigenvalue weighted by molar-refractivity contribution is 0.251. The molecule has 0 aliphatic carbocycles. The normalized spacial score (nSPS) is 20.3. The summed E-state index contributed by atoms with van der Waals surface area (Å²) in [5.74, 6) is 1.61. The van der Waals surface area contributed by atoms with Crippen LogP contribution in [0.1, 0.15) is 47.4 Å². The molecule has 1 saturated heterocycles. The molecular weight excluding hydrogens is 426 g/mol. The van der Waals surface area contributed by atoms with Gasteiger partial charge in [0.05, 0.1) is 5.03 Å². The topological polar surface area (TPSA) is 12.5 Å². The molecule has 1 atom stereocenters. The fraction of sp³-hybridized carbons (Fsp3) is 0.267. The fourth-order valence-corrected chi connectivity index (χ4v) is 5.20. The largest absolute Gasteiger partial charge is 0.455 e. The Bertz CT molecular complexity index is 1160. The van der Waals surface area contributed by atoms with Gasteiger partial charge < -0.3 is 4.74 Å². The molecule has 0 amide bonds. The number of hydrogen-bond donors (Lipinski definition) is 0. The van der Waals surface area contributed by atoms with Crippen LogP contribution in [0.25, 0.3) is 5.76 Å². The first-order valence-electron chi connectivity index (χ1n) is 11.9. The number of rotatable bonds is 4. The summed E-state index contributed by atoms with van der Waals surface area (Å²) in [6.45, 7) is 5.30.